The van der Waals surface area contributed by atoms with Crippen molar-refractivity contribution in [2.75, 3.05) is 5.32 Å². The monoisotopic (exact) mass is 348 g/mol. The third-order valence-electron chi connectivity index (χ3n) is 3.45. The van der Waals surface area contributed by atoms with Crippen LogP contribution in [0.15, 0.2) is 36.4 Å². The smallest absolute Gasteiger partial charge is 0.292 e. The van der Waals surface area contributed by atoms with E-state index in [1.807, 2.05) is 13.8 Å². The van der Waals surface area contributed by atoms with Crippen LogP contribution in [0.25, 0.3) is 0 Å². The Kier molecular flexibility index (Phi) is 5.41. The number of benzene rings is 2. The number of aryl methyl sites for hydroxylation is 2. The fraction of sp³-hybridized carbons (Fsp3) is 0.235. The molecule has 2 aromatic carbocycles. The number of hydrogen-bond acceptors (Lipinski definition) is 4. The molecule has 0 bridgehead atoms. The third-order valence-corrected chi connectivity index (χ3v) is 4.05. The van der Waals surface area contributed by atoms with Crippen LogP contribution in [0.1, 0.15) is 18.1 Å². The van der Waals surface area contributed by atoms with Crippen molar-refractivity contribution in [1.82, 2.24) is 0 Å². The number of carbonyl (C=O) groups excluding carboxylic acids is 1. The normalized spacial score (nSPS) is 11.7. The summed E-state index contributed by atoms with van der Waals surface area (Å²) in [6, 6.07) is 9.42. The number of nitrogens with one attached hydrogen (secondary N) is 1. The number of hydrogen-bond donors (Lipinski definition) is 1. The number of nitro groups is 1. The second-order valence-electron chi connectivity index (χ2n) is 5.39. The lowest BCUT2D eigenvalue weighted by molar-refractivity contribution is -0.383. The van der Waals surface area contributed by atoms with Gasteiger partial charge in [0.05, 0.1) is 4.92 Å². The van der Waals surface area contributed by atoms with E-state index in [9.17, 15) is 14.9 Å². The van der Waals surface area contributed by atoms with E-state index in [4.69, 9.17) is 16.3 Å². The van der Waals surface area contributed by atoms with Gasteiger partial charge in [0.2, 0.25) is 0 Å². The van der Waals surface area contributed by atoms with Crippen LogP contribution in [-0.2, 0) is 4.79 Å². The van der Waals surface area contributed by atoms with Crippen molar-refractivity contribution in [3.8, 4) is 5.75 Å². The summed E-state index contributed by atoms with van der Waals surface area (Å²) >= 11 is 6.10. The first kappa shape index (κ1) is 17.7. The number of anilines is 1. The number of para-hydroxylation sites is 2. The highest BCUT2D eigenvalue weighted by molar-refractivity contribution is 6.32. The Balaban J connectivity index is 2.12. The molecule has 2 aromatic rings. The van der Waals surface area contributed by atoms with E-state index >= 15 is 0 Å². The van der Waals surface area contributed by atoms with Crippen LogP contribution in [0.3, 0.4) is 0 Å². The Morgan fingerprint density at radius 1 is 1.25 bits per heavy atom. The molecule has 6 nitrogen and oxygen atoms in total. The van der Waals surface area contributed by atoms with Crippen molar-refractivity contribution < 1.29 is 14.5 Å². The van der Waals surface area contributed by atoms with Gasteiger partial charge in [-0.15, -0.1) is 0 Å². The molecule has 2 rings (SSSR count). The molecule has 7 heteroatoms. The van der Waals surface area contributed by atoms with Crippen LogP contribution in [0.2, 0.25) is 5.02 Å². The molecule has 0 aliphatic heterocycles. The highest BCUT2D eigenvalue weighted by atomic mass is 35.5. The number of amides is 1. The van der Waals surface area contributed by atoms with Gasteiger partial charge in [-0.05, 0) is 50.1 Å². The molecule has 0 aromatic heterocycles. The van der Waals surface area contributed by atoms with Crippen molar-refractivity contribution in [2.45, 2.75) is 26.9 Å². The summed E-state index contributed by atoms with van der Waals surface area (Å²) in [6.07, 6.45) is -0.829. The Labute approximate surface area is 144 Å². The van der Waals surface area contributed by atoms with Crippen molar-refractivity contribution in [3.63, 3.8) is 0 Å². The minimum atomic E-state index is -0.829. The van der Waals surface area contributed by atoms with Crippen molar-refractivity contribution in [3.05, 3.63) is 62.7 Å². The molecule has 0 heterocycles. The zero-order chi connectivity index (χ0) is 17.9. The summed E-state index contributed by atoms with van der Waals surface area (Å²) in [6.45, 7) is 5.27. The predicted molar refractivity (Wildman–Crippen MR) is 92.7 cm³/mol. The van der Waals surface area contributed by atoms with Gasteiger partial charge in [-0.2, -0.15) is 0 Å². The summed E-state index contributed by atoms with van der Waals surface area (Å²) in [5.74, 6) is 0.0363. The summed E-state index contributed by atoms with van der Waals surface area (Å²) in [5, 5.41) is 14.2. The Morgan fingerprint density at radius 3 is 2.42 bits per heavy atom. The SMILES string of the molecule is Cc1cc(OC(C)C(=O)Nc2ccccc2[N+](=O)[O-])cc(C)c1Cl. The summed E-state index contributed by atoms with van der Waals surface area (Å²) in [4.78, 5) is 22.7. The van der Waals surface area contributed by atoms with Crippen molar-refractivity contribution in [2.24, 2.45) is 0 Å². The second-order valence-corrected chi connectivity index (χ2v) is 5.77. The first-order chi connectivity index (χ1) is 11.3. The summed E-state index contributed by atoms with van der Waals surface area (Å²) in [7, 11) is 0. The molecular weight excluding hydrogens is 332 g/mol. The maximum absolute atomic E-state index is 12.2. The van der Waals surface area contributed by atoms with Crippen LogP contribution in [0.5, 0.6) is 5.75 Å². The molecule has 0 saturated carbocycles. The van der Waals surface area contributed by atoms with Gasteiger partial charge in [0.25, 0.3) is 11.6 Å². The number of nitrogens with zero attached hydrogens (tertiary/aromatic N) is 1. The second kappa shape index (κ2) is 7.31. The van der Waals surface area contributed by atoms with Crippen molar-refractivity contribution in [1.29, 1.82) is 0 Å². The first-order valence-corrected chi connectivity index (χ1v) is 7.65. The highest BCUT2D eigenvalue weighted by Crippen LogP contribution is 2.27. The lowest BCUT2D eigenvalue weighted by Crippen LogP contribution is -2.30. The van der Waals surface area contributed by atoms with E-state index in [0.29, 0.717) is 10.8 Å². The number of halogens is 1. The van der Waals surface area contributed by atoms with Gasteiger partial charge in [-0.1, -0.05) is 23.7 Å². The third kappa shape index (κ3) is 4.02. The molecule has 0 aliphatic rings. The largest absolute Gasteiger partial charge is 0.481 e. The molecule has 0 radical (unpaired) electrons. The molecule has 1 atom stereocenters. The molecule has 0 fully saturated rings. The number of ether oxygens (including phenoxy) is 1. The molecule has 0 saturated heterocycles. The Morgan fingerprint density at radius 2 is 1.83 bits per heavy atom. The van der Waals surface area contributed by atoms with Gasteiger partial charge in [0, 0.05) is 11.1 Å². The lowest BCUT2D eigenvalue weighted by Gasteiger charge is -2.16. The quantitative estimate of drug-likeness (QED) is 0.646. The average Bonchev–Trinajstić information content (AvgIpc) is 2.52. The summed E-state index contributed by atoms with van der Waals surface area (Å²) in [5.41, 5.74) is 1.65. The van der Waals surface area contributed by atoms with Gasteiger partial charge >= 0.3 is 0 Å². The molecule has 1 amide bonds. The maximum Gasteiger partial charge on any atom is 0.292 e. The van der Waals surface area contributed by atoms with Crippen LogP contribution in [-0.4, -0.2) is 16.9 Å². The summed E-state index contributed by atoms with van der Waals surface area (Å²) < 4.78 is 5.62. The van der Waals surface area contributed by atoms with Crippen LogP contribution in [0, 0.1) is 24.0 Å². The zero-order valence-corrected chi connectivity index (χ0v) is 14.3. The topological polar surface area (TPSA) is 81.5 Å². The predicted octanol–water partition coefficient (Wildman–Crippen LogP) is 4.27. The van der Waals surface area contributed by atoms with E-state index < -0.39 is 16.9 Å². The Hall–Kier alpha value is -2.60. The fourth-order valence-corrected chi connectivity index (χ4v) is 2.31. The minimum Gasteiger partial charge on any atom is -0.481 e. The molecule has 1 unspecified atom stereocenters. The highest BCUT2D eigenvalue weighted by Gasteiger charge is 2.20. The minimum absolute atomic E-state index is 0.131. The van der Waals surface area contributed by atoms with Gasteiger partial charge in [-0.3, -0.25) is 14.9 Å². The molecular formula is C17H17ClN2O4. The average molecular weight is 349 g/mol. The maximum atomic E-state index is 12.2. The van der Waals surface area contributed by atoms with Gasteiger partial charge in [0.15, 0.2) is 6.10 Å². The van der Waals surface area contributed by atoms with Crippen LogP contribution in [0.4, 0.5) is 11.4 Å². The van der Waals surface area contributed by atoms with E-state index in [-0.39, 0.29) is 11.4 Å². The van der Waals surface area contributed by atoms with Gasteiger partial charge < -0.3 is 10.1 Å². The molecule has 0 spiro atoms. The standard InChI is InChI=1S/C17H17ClN2O4/c1-10-8-13(9-11(2)16(10)18)24-12(3)17(21)19-14-6-4-5-7-15(14)20(22)23/h4-9,12H,1-3H3,(H,19,21). The number of carbonyl (C=O) groups is 1. The van der Waals surface area contributed by atoms with Gasteiger partial charge in [0.1, 0.15) is 11.4 Å². The number of nitro benzene ring substituents is 1. The fourth-order valence-electron chi connectivity index (χ4n) is 2.20. The van der Waals surface area contributed by atoms with Gasteiger partial charge in [-0.25, -0.2) is 0 Å². The van der Waals surface area contributed by atoms with E-state index in [2.05, 4.69) is 5.32 Å². The van der Waals surface area contributed by atoms with Crippen molar-refractivity contribution >= 4 is 28.9 Å². The lowest BCUT2D eigenvalue weighted by atomic mass is 10.1. The molecule has 24 heavy (non-hydrogen) atoms. The zero-order valence-electron chi connectivity index (χ0n) is 13.5. The first-order valence-electron chi connectivity index (χ1n) is 7.27. The van der Waals surface area contributed by atoms with E-state index in [1.54, 1.807) is 25.1 Å². The number of rotatable bonds is 5. The molecule has 1 N–H and O–H groups in total. The molecule has 126 valence electrons. The molecule has 0 aliphatic carbocycles. The van der Waals surface area contributed by atoms with E-state index in [0.717, 1.165) is 11.1 Å². The van der Waals surface area contributed by atoms with E-state index in [1.165, 1.54) is 18.2 Å². The Bertz CT molecular complexity index is 769. The van der Waals surface area contributed by atoms with Crippen LogP contribution >= 0.6 is 11.6 Å². The van der Waals surface area contributed by atoms with Crippen LogP contribution < -0.4 is 10.1 Å².